The number of hydrogen-bond acceptors (Lipinski definition) is 4. The summed E-state index contributed by atoms with van der Waals surface area (Å²) in [7, 11) is 0. The van der Waals surface area contributed by atoms with Gasteiger partial charge in [0.25, 0.3) is 0 Å². The highest BCUT2D eigenvalue weighted by atomic mass is 15.0. The molecule has 0 fully saturated rings. The van der Waals surface area contributed by atoms with E-state index in [-0.39, 0.29) is 0 Å². The fourth-order valence-electron chi connectivity index (χ4n) is 22.7. The Balaban J connectivity index is 0.000000104. The molecule has 6 nitrogen and oxygen atoms in total. The highest BCUT2D eigenvalue weighted by molar-refractivity contribution is 6.32. The number of para-hydroxylation sites is 2. The lowest BCUT2D eigenvalue weighted by atomic mass is 9.85. The van der Waals surface area contributed by atoms with Gasteiger partial charge in [-0.2, -0.15) is 0 Å². The van der Waals surface area contributed by atoms with Gasteiger partial charge in [-0.25, -0.2) is 9.97 Å². The van der Waals surface area contributed by atoms with Gasteiger partial charge in [0, 0.05) is 62.5 Å². The summed E-state index contributed by atoms with van der Waals surface area (Å²) < 4.78 is 4.60. The summed E-state index contributed by atoms with van der Waals surface area (Å²) in [4.78, 5) is 19.3. The Morgan fingerprint density at radius 2 is 0.430 bits per heavy atom. The van der Waals surface area contributed by atoms with Gasteiger partial charge >= 0.3 is 0 Å². The molecular weight excluding hydrogens is 1720 g/mol. The van der Waals surface area contributed by atoms with Crippen LogP contribution in [0, 0.1) is 0 Å². The maximum absolute atomic E-state index is 5.10. The highest BCUT2D eigenvalue weighted by Gasteiger charge is 2.25. The number of fused-ring (bicyclic) bond motifs is 9. The van der Waals surface area contributed by atoms with Crippen molar-refractivity contribution in [2.24, 2.45) is 0 Å². The predicted octanol–water partition coefficient (Wildman–Crippen LogP) is 36.5. The van der Waals surface area contributed by atoms with Gasteiger partial charge in [0.2, 0.25) is 0 Å². The van der Waals surface area contributed by atoms with E-state index in [0.717, 1.165) is 72.2 Å². The topological polar surface area (TPSA) is 61.4 Å². The van der Waals surface area contributed by atoms with Crippen LogP contribution in [0.4, 0.5) is 0 Å². The summed E-state index contributed by atoms with van der Waals surface area (Å²) >= 11 is 0. The Labute approximate surface area is 818 Å². The van der Waals surface area contributed by atoms with Gasteiger partial charge in [0.15, 0.2) is 0 Å². The molecule has 0 amide bonds. The summed E-state index contributed by atoms with van der Waals surface area (Å²) in [6, 6.07) is 178. The van der Waals surface area contributed by atoms with Crippen molar-refractivity contribution in [3.8, 4) is 123 Å². The first-order chi connectivity index (χ1) is 70.4. The largest absolute Gasteiger partial charge is 0.308 e. The smallest absolute Gasteiger partial charge is 0.145 e. The monoisotopic (exact) mass is 1800 g/mol. The van der Waals surface area contributed by atoms with Gasteiger partial charge in [-0.1, -0.05) is 400 Å². The molecule has 30 aromatic rings. The molecule has 0 unspecified atom stereocenters. The number of nitrogens with zero attached hydrogens (tertiary/aromatic N) is 6. The standard InChI is InChI=1S/C46H28N2.2C45H28N2/c1-2-6-29(7-3-1)30-11-13-31(14-12-30)40-28-41(39-25-22-35-9-4-8-34-21-24-38(40)44(39)43(34)35)32-15-17-33(18-16-32)42-26-23-37-20-19-36-10-5-27-47-45(36)46(37)48-42;1-2-8-29(9-3-1)30-15-17-31(18-16-30)40-28-41(38-26-22-34-11-6-10-33-21-25-37(40)44(38)43(33)34)32-19-23-35(24-20-32)47-42-14-5-4-12-36(42)39-13-7-27-46-45(39)47;1-2-8-29(9-3-1)30-15-17-31(18-16-30)39-28-40(37-26-22-34-11-6-10-33-21-25-36(39)44(37)43(33)34)32-19-23-35(24-20-32)47-41-13-5-4-12-38(41)45-42(47)14-7-27-46-45/h1-28H;2*1-28H. The molecule has 24 aromatic carbocycles. The minimum absolute atomic E-state index is 0.935. The maximum atomic E-state index is 5.10. The third-order valence-corrected chi connectivity index (χ3v) is 29.5. The second-order valence-corrected chi connectivity index (χ2v) is 37.3. The Morgan fingerprint density at radius 3 is 0.845 bits per heavy atom. The molecule has 0 spiro atoms. The van der Waals surface area contributed by atoms with E-state index in [0.29, 0.717) is 0 Å². The van der Waals surface area contributed by atoms with E-state index >= 15 is 0 Å². The molecule has 6 aromatic heterocycles. The molecule has 0 aliphatic carbocycles. The summed E-state index contributed by atoms with van der Waals surface area (Å²) in [5.41, 5.74) is 33.7. The lowest BCUT2D eigenvalue weighted by molar-refractivity contribution is 1.14. The Hall–Kier alpha value is -18.9. The molecule has 6 heteroatoms. The van der Waals surface area contributed by atoms with Crippen LogP contribution in [0.5, 0.6) is 0 Å². The maximum Gasteiger partial charge on any atom is 0.145 e. The van der Waals surface area contributed by atoms with Crippen molar-refractivity contribution in [3.05, 3.63) is 510 Å². The molecule has 0 aliphatic rings. The first-order valence-corrected chi connectivity index (χ1v) is 48.7. The molecule has 142 heavy (non-hydrogen) atoms. The van der Waals surface area contributed by atoms with Crippen LogP contribution in [0.1, 0.15) is 0 Å². The third kappa shape index (κ3) is 13.6. The summed E-state index contributed by atoms with van der Waals surface area (Å²) in [5.74, 6) is 0. The first-order valence-electron chi connectivity index (χ1n) is 48.7. The van der Waals surface area contributed by atoms with Crippen LogP contribution in [-0.2, 0) is 0 Å². The Bertz CT molecular complexity index is 9620. The van der Waals surface area contributed by atoms with Crippen LogP contribution >= 0.6 is 0 Å². The number of aromatic nitrogens is 6. The summed E-state index contributed by atoms with van der Waals surface area (Å²) in [5, 5.41) is 29.1. The molecule has 658 valence electrons. The van der Waals surface area contributed by atoms with Gasteiger partial charge in [-0.15, -0.1) is 0 Å². The molecule has 6 heterocycles. The van der Waals surface area contributed by atoms with Crippen molar-refractivity contribution in [2.45, 2.75) is 0 Å². The van der Waals surface area contributed by atoms with E-state index in [1.165, 1.54) is 213 Å². The predicted molar refractivity (Wildman–Crippen MR) is 600 cm³/mol. The molecule has 0 saturated carbocycles. The minimum Gasteiger partial charge on any atom is -0.308 e. The lowest BCUT2D eigenvalue weighted by Crippen LogP contribution is -1.95. The van der Waals surface area contributed by atoms with Crippen LogP contribution in [0.2, 0.25) is 0 Å². The van der Waals surface area contributed by atoms with Gasteiger partial charge in [-0.3, -0.25) is 14.5 Å². The molecule has 0 aliphatic heterocycles. The van der Waals surface area contributed by atoms with Crippen molar-refractivity contribution in [3.63, 3.8) is 0 Å². The molecule has 0 bridgehead atoms. The average Bonchev–Trinajstić information content (AvgIpc) is 1.06. The lowest BCUT2D eigenvalue weighted by Gasteiger charge is -2.18. The minimum atomic E-state index is 0.935. The van der Waals surface area contributed by atoms with E-state index in [4.69, 9.17) is 15.0 Å². The van der Waals surface area contributed by atoms with Crippen LogP contribution in [0.25, 0.3) is 285 Å². The average molecular weight is 1800 g/mol. The zero-order valence-electron chi connectivity index (χ0n) is 77.2. The number of benzene rings is 24. The van der Waals surface area contributed by atoms with Crippen LogP contribution in [0.15, 0.2) is 510 Å². The van der Waals surface area contributed by atoms with E-state index in [1.54, 1.807) is 0 Å². The molecule has 0 atom stereocenters. The fraction of sp³-hybridized carbons (Fsp3) is 0. The SMILES string of the molecule is c1ccc(-c2ccc(-c3cc(-c4ccc(-c5ccc6ccc7cccnc7c6n5)cc4)c4ccc5cccc6ccc3c4c65)cc2)cc1.c1ccc(-c2ccc(-c3cc(-c4ccc(-n5c6ccccc6c6cccnc65)cc4)c4ccc5cccc6ccc3c4c65)cc2)cc1.c1ccc(-c2ccc(-c3cc(-c4ccc(-n5c6ccccc6c6ncccc65)cc4)c4ccc5cccc6ccc3c4c65)cc2)cc1. The van der Waals surface area contributed by atoms with Crippen LogP contribution in [0.3, 0.4) is 0 Å². The van der Waals surface area contributed by atoms with Crippen LogP contribution < -0.4 is 0 Å². The zero-order chi connectivity index (χ0) is 93.4. The van der Waals surface area contributed by atoms with E-state index in [1.807, 2.05) is 36.8 Å². The van der Waals surface area contributed by atoms with Crippen molar-refractivity contribution in [1.82, 2.24) is 29.1 Å². The zero-order valence-corrected chi connectivity index (χ0v) is 77.2. The summed E-state index contributed by atoms with van der Waals surface area (Å²) in [6.07, 6.45) is 5.60. The molecule has 0 radical (unpaired) electrons. The van der Waals surface area contributed by atoms with E-state index in [9.17, 15) is 0 Å². The molecular formula is C136H84N6. The van der Waals surface area contributed by atoms with Crippen molar-refractivity contribution < 1.29 is 0 Å². The Kier molecular flexibility index (Phi) is 19.2. The van der Waals surface area contributed by atoms with E-state index < -0.39 is 0 Å². The number of pyridine rings is 4. The normalized spacial score (nSPS) is 11.8. The summed E-state index contributed by atoms with van der Waals surface area (Å²) in [6.45, 7) is 0. The second-order valence-electron chi connectivity index (χ2n) is 37.3. The second kappa shape index (κ2) is 33.5. The quantitative estimate of drug-likeness (QED) is 0.114. The van der Waals surface area contributed by atoms with E-state index in [2.05, 4.69) is 487 Å². The number of rotatable bonds is 12. The van der Waals surface area contributed by atoms with Crippen molar-refractivity contribution in [2.75, 3.05) is 0 Å². The first kappa shape index (κ1) is 81.5. The fourth-order valence-corrected chi connectivity index (χ4v) is 22.7. The van der Waals surface area contributed by atoms with Gasteiger partial charge in [0.1, 0.15) is 5.65 Å². The van der Waals surface area contributed by atoms with Gasteiger partial charge < -0.3 is 4.57 Å². The van der Waals surface area contributed by atoms with Crippen molar-refractivity contribution in [1.29, 1.82) is 0 Å². The molecule has 0 N–H and O–H groups in total. The Morgan fingerprint density at radius 1 is 0.148 bits per heavy atom. The van der Waals surface area contributed by atoms with Gasteiger partial charge in [0.05, 0.1) is 38.8 Å². The highest BCUT2D eigenvalue weighted by Crippen LogP contribution is 2.51. The van der Waals surface area contributed by atoms with Gasteiger partial charge in [-0.05, 0) is 288 Å². The van der Waals surface area contributed by atoms with Crippen molar-refractivity contribution >= 4 is 163 Å². The molecule has 30 rings (SSSR count). The third-order valence-electron chi connectivity index (χ3n) is 29.5. The van der Waals surface area contributed by atoms with Crippen LogP contribution in [-0.4, -0.2) is 29.1 Å². The molecule has 0 saturated heterocycles. The number of hydrogen-bond donors (Lipinski definition) is 0.